The zero-order chi connectivity index (χ0) is 24.0. The topological polar surface area (TPSA) is 69.7 Å². The number of hydrogen-bond donors (Lipinski definition) is 1. The molecule has 0 radical (unpaired) electrons. The lowest BCUT2D eigenvalue weighted by Gasteiger charge is -2.31. The molecule has 1 saturated heterocycles. The first-order valence-electron chi connectivity index (χ1n) is 11.3. The van der Waals surface area contributed by atoms with E-state index in [1.54, 1.807) is 18.2 Å². The first-order chi connectivity index (χ1) is 15.7. The molecule has 0 aromatic heterocycles. The second-order valence-electron chi connectivity index (χ2n) is 8.21. The van der Waals surface area contributed by atoms with Gasteiger partial charge in [0.1, 0.15) is 0 Å². The van der Waals surface area contributed by atoms with E-state index in [2.05, 4.69) is 36.2 Å². The van der Waals surface area contributed by atoms with Gasteiger partial charge in [-0.25, -0.2) is 12.7 Å². The average molecular weight is 513 g/mol. The van der Waals surface area contributed by atoms with Gasteiger partial charge in [0, 0.05) is 54.0 Å². The molecule has 1 heterocycles. The van der Waals surface area contributed by atoms with Gasteiger partial charge in [0.15, 0.2) is 0 Å². The number of carbonyl (C=O) groups excluding carboxylic acids is 1. The van der Waals surface area contributed by atoms with Crippen molar-refractivity contribution in [3.05, 3.63) is 63.6 Å². The summed E-state index contributed by atoms with van der Waals surface area (Å²) in [7, 11) is -3.65. The minimum Gasteiger partial charge on any atom is -0.372 e. The molecular formula is C24H31Cl2N3O3S. The molecule has 1 aliphatic rings. The Balaban J connectivity index is 1.59. The summed E-state index contributed by atoms with van der Waals surface area (Å²) in [5.74, 6) is -0.790. The Labute approximate surface area is 206 Å². The summed E-state index contributed by atoms with van der Waals surface area (Å²) in [5, 5.41) is 3.62. The molecular weight excluding hydrogens is 481 g/mol. The van der Waals surface area contributed by atoms with Gasteiger partial charge in [0.25, 0.3) is 0 Å². The number of hydrogen-bond acceptors (Lipinski definition) is 4. The number of nitrogens with one attached hydrogen (secondary N) is 1. The van der Waals surface area contributed by atoms with Gasteiger partial charge in [-0.1, -0.05) is 41.4 Å². The van der Waals surface area contributed by atoms with Crippen LogP contribution in [-0.4, -0.2) is 44.8 Å². The van der Waals surface area contributed by atoms with Crippen LogP contribution in [0.1, 0.15) is 37.8 Å². The standard InChI is InChI=1S/C24H31Cl2N3O3S/c1-3-28(4-2)20-12-10-18(11-13-20)15-27-24(30)19-7-6-14-29(16-19)33(31,32)17-21-22(25)8-5-9-23(21)26/h5,8-13,19H,3-4,6-7,14-17H2,1-2H3,(H,27,30)/t19-/m0/s1. The van der Waals surface area contributed by atoms with Gasteiger partial charge in [-0.2, -0.15) is 0 Å². The monoisotopic (exact) mass is 511 g/mol. The zero-order valence-corrected chi connectivity index (χ0v) is 21.4. The molecule has 1 fully saturated rings. The van der Waals surface area contributed by atoms with Crippen LogP contribution in [0.4, 0.5) is 5.69 Å². The van der Waals surface area contributed by atoms with Crippen molar-refractivity contribution < 1.29 is 13.2 Å². The third-order valence-electron chi connectivity index (χ3n) is 6.07. The first kappa shape index (κ1) is 25.8. The number of amides is 1. The number of benzene rings is 2. The summed E-state index contributed by atoms with van der Waals surface area (Å²) in [6.07, 6.45) is 1.29. The molecule has 1 N–H and O–H groups in total. The number of halogens is 2. The van der Waals surface area contributed by atoms with Gasteiger partial charge >= 0.3 is 0 Å². The van der Waals surface area contributed by atoms with Crippen LogP contribution < -0.4 is 10.2 Å². The number of sulfonamides is 1. The predicted molar refractivity (Wildman–Crippen MR) is 135 cm³/mol. The highest BCUT2D eigenvalue weighted by molar-refractivity contribution is 7.88. The van der Waals surface area contributed by atoms with Gasteiger partial charge in [0.05, 0.1) is 11.7 Å². The van der Waals surface area contributed by atoms with Crippen molar-refractivity contribution in [3.63, 3.8) is 0 Å². The van der Waals surface area contributed by atoms with Crippen molar-refractivity contribution in [1.82, 2.24) is 9.62 Å². The van der Waals surface area contributed by atoms with Crippen molar-refractivity contribution in [2.45, 2.75) is 39.0 Å². The fraction of sp³-hybridized carbons (Fsp3) is 0.458. The average Bonchev–Trinajstić information content (AvgIpc) is 2.81. The maximum absolute atomic E-state index is 13.0. The van der Waals surface area contributed by atoms with E-state index in [-0.39, 0.29) is 24.1 Å². The minimum absolute atomic E-state index is 0.126. The highest BCUT2D eigenvalue weighted by Crippen LogP contribution is 2.29. The lowest BCUT2D eigenvalue weighted by molar-refractivity contribution is -0.126. The summed E-state index contributed by atoms with van der Waals surface area (Å²) in [6.45, 7) is 7.09. The smallest absolute Gasteiger partial charge is 0.224 e. The lowest BCUT2D eigenvalue weighted by Crippen LogP contribution is -2.45. The second-order valence-corrected chi connectivity index (χ2v) is 11.0. The van der Waals surface area contributed by atoms with Crippen molar-refractivity contribution in [3.8, 4) is 0 Å². The molecule has 33 heavy (non-hydrogen) atoms. The Morgan fingerprint density at radius 3 is 2.33 bits per heavy atom. The summed E-state index contributed by atoms with van der Waals surface area (Å²) in [5.41, 5.74) is 2.55. The number of piperidine rings is 1. The SMILES string of the molecule is CCN(CC)c1ccc(CNC(=O)[C@H]2CCCN(S(=O)(=O)Cc3c(Cl)cccc3Cl)C2)cc1. The normalized spacial score (nSPS) is 17.0. The van der Waals surface area contributed by atoms with Crippen LogP contribution in [0, 0.1) is 5.92 Å². The maximum Gasteiger partial charge on any atom is 0.224 e. The van der Waals surface area contributed by atoms with Crippen LogP contribution in [0.2, 0.25) is 10.0 Å². The molecule has 0 saturated carbocycles. The number of rotatable bonds is 9. The van der Waals surface area contributed by atoms with Crippen LogP contribution in [0.15, 0.2) is 42.5 Å². The van der Waals surface area contributed by atoms with Crippen molar-refractivity contribution in [1.29, 1.82) is 0 Å². The van der Waals surface area contributed by atoms with Crippen LogP contribution in [0.3, 0.4) is 0 Å². The highest BCUT2D eigenvalue weighted by atomic mass is 35.5. The largest absolute Gasteiger partial charge is 0.372 e. The van der Waals surface area contributed by atoms with Crippen molar-refractivity contribution in [2.75, 3.05) is 31.1 Å². The van der Waals surface area contributed by atoms with Crippen LogP contribution in [0.25, 0.3) is 0 Å². The molecule has 1 atom stereocenters. The van der Waals surface area contributed by atoms with Gasteiger partial charge in [-0.15, -0.1) is 0 Å². The highest BCUT2D eigenvalue weighted by Gasteiger charge is 2.33. The van der Waals surface area contributed by atoms with E-state index in [0.29, 0.717) is 41.5 Å². The minimum atomic E-state index is -3.65. The van der Waals surface area contributed by atoms with E-state index in [1.165, 1.54) is 4.31 Å². The van der Waals surface area contributed by atoms with E-state index < -0.39 is 10.0 Å². The summed E-state index contributed by atoms with van der Waals surface area (Å²) < 4.78 is 27.4. The molecule has 0 aliphatic carbocycles. The van der Waals surface area contributed by atoms with Gasteiger partial charge in [-0.05, 0) is 56.5 Å². The van der Waals surface area contributed by atoms with E-state index >= 15 is 0 Å². The molecule has 3 rings (SSSR count). The second kappa shape index (κ2) is 11.6. The molecule has 0 bridgehead atoms. The fourth-order valence-electron chi connectivity index (χ4n) is 4.10. The van der Waals surface area contributed by atoms with Gasteiger partial charge < -0.3 is 10.2 Å². The van der Waals surface area contributed by atoms with E-state index in [4.69, 9.17) is 23.2 Å². The molecule has 1 aliphatic heterocycles. The van der Waals surface area contributed by atoms with Crippen molar-refractivity contribution in [2.24, 2.45) is 5.92 Å². The van der Waals surface area contributed by atoms with Gasteiger partial charge in [0.2, 0.25) is 15.9 Å². The Morgan fingerprint density at radius 1 is 1.09 bits per heavy atom. The molecule has 0 unspecified atom stereocenters. The van der Waals surface area contributed by atoms with Gasteiger partial charge in [-0.3, -0.25) is 4.79 Å². The lowest BCUT2D eigenvalue weighted by atomic mass is 9.98. The number of anilines is 1. The van der Waals surface area contributed by atoms with Crippen LogP contribution in [-0.2, 0) is 27.1 Å². The molecule has 1 amide bonds. The summed E-state index contributed by atoms with van der Waals surface area (Å²) >= 11 is 12.3. The van der Waals surface area contributed by atoms with E-state index in [1.807, 2.05) is 12.1 Å². The number of nitrogens with zero attached hydrogens (tertiary/aromatic N) is 2. The molecule has 180 valence electrons. The van der Waals surface area contributed by atoms with Crippen LogP contribution in [0.5, 0.6) is 0 Å². The quantitative estimate of drug-likeness (QED) is 0.529. The van der Waals surface area contributed by atoms with Crippen LogP contribution >= 0.6 is 23.2 Å². The third kappa shape index (κ3) is 6.63. The molecule has 0 spiro atoms. The fourth-order valence-corrected chi connectivity index (χ4v) is 6.46. The molecule has 2 aromatic rings. The zero-order valence-electron chi connectivity index (χ0n) is 19.1. The Kier molecular flexibility index (Phi) is 9.04. The maximum atomic E-state index is 13.0. The van der Waals surface area contributed by atoms with E-state index in [0.717, 1.165) is 24.3 Å². The third-order valence-corrected chi connectivity index (χ3v) is 8.55. The summed E-state index contributed by atoms with van der Waals surface area (Å²) in [4.78, 5) is 15.1. The Morgan fingerprint density at radius 2 is 1.73 bits per heavy atom. The summed E-state index contributed by atoms with van der Waals surface area (Å²) in [6, 6.07) is 13.1. The molecule has 2 aromatic carbocycles. The predicted octanol–water partition coefficient (Wildman–Crippen LogP) is 4.70. The Bertz CT molecular complexity index is 1040. The molecule has 6 nitrogen and oxygen atoms in total. The Hall–Kier alpha value is -1.80. The van der Waals surface area contributed by atoms with E-state index in [9.17, 15) is 13.2 Å². The number of carbonyl (C=O) groups is 1. The molecule has 9 heteroatoms. The van der Waals surface area contributed by atoms with Crippen molar-refractivity contribution >= 4 is 44.8 Å². The first-order valence-corrected chi connectivity index (χ1v) is 13.6.